The van der Waals surface area contributed by atoms with Crippen LogP contribution >= 0.6 is 0 Å². The molecule has 1 saturated carbocycles. The topological polar surface area (TPSA) is 35.2 Å². The predicted octanol–water partition coefficient (Wildman–Crippen LogP) is 1.54. The summed E-state index contributed by atoms with van der Waals surface area (Å²) in [6.45, 7) is 2.10. The Morgan fingerprint density at radius 3 is 2.73 bits per heavy atom. The van der Waals surface area contributed by atoms with E-state index in [0.29, 0.717) is 18.1 Å². The molecular formula is C9H19NO. The summed E-state index contributed by atoms with van der Waals surface area (Å²) in [5.41, 5.74) is 5.83. The van der Waals surface area contributed by atoms with Crippen LogP contribution in [0.2, 0.25) is 0 Å². The molecule has 3 atom stereocenters. The summed E-state index contributed by atoms with van der Waals surface area (Å²) in [5.74, 6) is 0.689. The summed E-state index contributed by atoms with van der Waals surface area (Å²) in [5, 5.41) is 0. The van der Waals surface area contributed by atoms with Gasteiger partial charge in [0.15, 0.2) is 0 Å². The number of methoxy groups -OCH3 is 1. The van der Waals surface area contributed by atoms with Gasteiger partial charge in [-0.2, -0.15) is 0 Å². The van der Waals surface area contributed by atoms with Gasteiger partial charge >= 0.3 is 0 Å². The highest BCUT2D eigenvalue weighted by Gasteiger charge is 2.23. The molecule has 1 rings (SSSR count). The van der Waals surface area contributed by atoms with Crippen molar-refractivity contribution in [2.24, 2.45) is 11.7 Å². The largest absolute Gasteiger partial charge is 0.381 e. The van der Waals surface area contributed by atoms with E-state index in [0.717, 1.165) is 6.42 Å². The fraction of sp³-hybridized carbons (Fsp3) is 1.00. The minimum absolute atomic E-state index is 0.341. The lowest BCUT2D eigenvalue weighted by molar-refractivity contribution is 0.0465. The first-order valence-corrected chi connectivity index (χ1v) is 4.52. The Balaban J connectivity index is 2.33. The smallest absolute Gasteiger partial charge is 0.0574 e. The fourth-order valence-electron chi connectivity index (χ4n) is 1.87. The normalized spacial score (nSPS) is 35.2. The van der Waals surface area contributed by atoms with Crippen LogP contribution in [-0.2, 0) is 4.74 Å². The van der Waals surface area contributed by atoms with Gasteiger partial charge in [0.1, 0.15) is 0 Å². The molecule has 0 saturated heterocycles. The van der Waals surface area contributed by atoms with Gasteiger partial charge in [-0.15, -0.1) is 0 Å². The first kappa shape index (κ1) is 9.01. The van der Waals surface area contributed by atoms with Crippen molar-refractivity contribution in [3.63, 3.8) is 0 Å². The van der Waals surface area contributed by atoms with Gasteiger partial charge in [-0.3, -0.25) is 0 Å². The summed E-state index contributed by atoms with van der Waals surface area (Å²) in [7, 11) is 1.80. The molecule has 0 amide bonds. The van der Waals surface area contributed by atoms with Crippen LogP contribution in [0.15, 0.2) is 0 Å². The van der Waals surface area contributed by atoms with Crippen LogP contribution < -0.4 is 5.73 Å². The lowest BCUT2D eigenvalue weighted by Gasteiger charge is -2.30. The molecule has 0 radical (unpaired) electrons. The first-order valence-electron chi connectivity index (χ1n) is 4.52. The lowest BCUT2D eigenvalue weighted by atomic mass is 9.83. The zero-order valence-corrected chi connectivity index (χ0v) is 7.55. The number of nitrogens with two attached hydrogens (primary N) is 1. The lowest BCUT2D eigenvalue weighted by Crippen LogP contribution is -2.33. The molecule has 0 aromatic rings. The number of hydrogen-bond acceptors (Lipinski definition) is 2. The zero-order chi connectivity index (χ0) is 8.27. The van der Waals surface area contributed by atoms with E-state index in [9.17, 15) is 0 Å². The Morgan fingerprint density at radius 1 is 1.45 bits per heavy atom. The highest BCUT2D eigenvalue weighted by molar-refractivity contribution is 4.78. The molecule has 0 bridgehead atoms. The number of rotatable bonds is 2. The van der Waals surface area contributed by atoms with E-state index in [1.165, 1.54) is 19.3 Å². The Hall–Kier alpha value is -0.0800. The molecule has 0 heterocycles. The van der Waals surface area contributed by atoms with Crippen molar-refractivity contribution in [1.82, 2.24) is 0 Å². The average molecular weight is 157 g/mol. The SMILES string of the molecule is COC1CCCC(C(C)N)C1. The highest BCUT2D eigenvalue weighted by Crippen LogP contribution is 2.27. The standard InChI is InChI=1S/C9H19NO/c1-7(10)8-4-3-5-9(6-8)11-2/h7-9H,3-6,10H2,1-2H3. The van der Waals surface area contributed by atoms with Crippen LogP contribution in [0.3, 0.4) is 0 Å². The van der Waals surface area contributed by atoms with Gasteiger partial charge in [-0.25, -0.2) is 0 Å². The fourth-order valence-corrected chi connectivity index (χ4v) is 1.87. The molecule has 11 heavy (non-hydrogen) atoms. The monoisotopic (exact) mass is 157 g/mol. The minimum Gasteiger partial charge on any atom is -0.381 e. The Labute approximate surface area is 69.1 Å². The molecule has 2 N–H and O–H groups in total. The molecule has 0 spiro atoms. The Kier molecular flexibility index (Phi) is 3.34. The third kappa shape index (κ3) is 2.46. The minimum atomic E-state index is 0.341. The molecule has 0 aromatic heterocycles. The second-order valence-corrected chi connectivity index (χ2v) is 3.64. The highest BCUT2D eigenvalue weighted by atomic mass is 16.5. The third-order valence-electron chi connectivity index (χ3n) is 2.74. The number of ether oxygens (including phenoxy) is 1. The molecule has 1 aliphatic rings. The van der Waals surface area contributed by atoms with E-state index in [2.05, 4.69) is 6.92 Å². The quantitative estimate of drug-likeness (QED) is 0.660. The molecule has 0 aromatic carbocycles. The second kappa shape index (κ2) is 4.07. The third-order valence-corrected chi connectivity index (χ3v) is 2.74. The van der Waals surface area contributed by atoms with Gasteiger partial charge in [0, 0.05) is 13.2 Å². The second-order valence-electron chi connectivity index (χ2n) is 3.64. The van der Waals surface area contributed by atoms with Gasteiger partial charge < -0.3 is 10.5 Å². The van der Waals surface area contributed by atoms with Crippen molar-refractivity contribution in [2.45, 2.75) is 44.8 Å². The van der Waals surface area contributed by atoms with Gasteiger partial charge in [-0.1, -0.05) is 6.42 Å². The van der Waals surface area contributed by atoms with Gasteiger partial charge in [0.25, 0.3) is 0 Å². The molecular weight excluding hydrogens is 138 g/mol. The van der Waals surface area contributed by atoms with Crippen LogP contribution in [0.5, 0.6) is 0 Å². The maximum absolute atomic E-state index is 5.83. The van der Waals surface area contributed by atoms with Gasteiger partial charge in [0.05, 0.1) is 6.10 Å². The van der Waals surface area contributed by atoms with Crippen LogP contribution in [0.4, 0.5) is 0 Å². The summed E-state index contributed by atoms with van der Waals surface area (Å²) in [6, 6.07) is 0.341. The summed E-state index contributed by atoms with van der Waals surface area (Å²) in [4.78, 5) is 0. The molecule has 1 fully saturated rings. The first-order chi connectivity index (χ1) is 5.24. The summed E-state index contributed by atoms with van der Waals surface area (Å²) < 4.78 is 5.32. The van der Waals surface area contributed by atoms with E-state index in [-0.39, 0.29) is 0 Å². The number of hydrogen-bond donors (Lipinski definition) is 1. The van der Waals surface area contributed by atoms with E-state index in [4.69, 9.17) is 10.5 Å². The van der Waals surface area contributed by atoms with Gasteiger partial charge in [-0.05, 0) is 32.1 Å². The maximum atomic E-state index is 5.83. The van der Waals surface area contributed by atoms with Crippen LogP contribution in [0.1, 0.15) is 32.6 Å². The van der Waals surface area contributed by atoms with Crippen LogP contribution in [0.25, 0.3) is 0 Å². The van der Waals surface area contributed by atoms with Gasteiger partial charge in [0.2, 0.25) is 0 Å². The van der Waals surface area contributed by atoms with E-state index in [1.54, 1.807) is 7.11 Å². The summed E-state index contributed by atoms with van der Waals surface area (Å²) in [6.07, 6.45) is 5.43. The Morgan fingerprint density at radius 2 is 2.18 bits per heavy atom. The van der Waals surface area contributed by atoms with E-state index >= 15 is 0 Å². The molecule has 3 unspecified atom stereocenters. The molecule has 0 aliphatic heterocycles. The predicted molar refractivity (Wildman–Crippen MR) is 46.4 cm³/mol. The van der Waals surface area contributed by atoms with Crippen LogP contribution in [-0.4, -0.2) is 19.3 Å². The van der Waals surface area contributed by atoms with E-state index < -0.39 is 0 Å². The molecule has 2 heteroatoms. The maximum Gasteiger partial charge on any atom is 0.0574 e. The Bertz CT molecular complexity index is 114. The van der Waals surface area contributed by atoms with Crippen molar-refractivity contribution in [1.29, 1.82) is 0 Å². The van der Waals surface area contributed by atoms with E-state index in [1.807, 2.05) is 0 Å². The zero-order valence-electron chi connectivity index (χ0n) is 7.55. The van der Waals surface area contributed by atoms with Crippen molar-refractivity contribution in [3.8, 4) is 0 Å². The summed E-state index contributed by atoms with van der Waals surface area (Å²) >= 11 is 0. The average Bonchev–Trinajstić information content (AvgIpc) is 2.05. The van der Waals surface area contributed by atoms with Crippen molar-refractivity contribution >= 4 is 0 Å². The van der Waals surface area contributed by atoms with Crippen molar-refractivity contribution in [2.75, 3.05) is 7.11 Å². The molecule has 1 aliphatic carbocycles. The van der Waals surface area contributed by atoms with Crippen LogP contribution in [0, 0.1) is 5.92 Å². The van der Waals surface area contributed by atoms with Crippen molar-refractivity contribution < 1.29 is 4.74 Å². The van der Waals surface area contributed by atoms with Crippen molar-refractivity contribution in [3.05, 3.63) is 0 Å². The molecule has 66 valence electrons. The molecule has 2 nitrogen and oxygen atoms in total.